The van der Waals surface area contributed by atoms with Gasteiger partial charge in [0.15, 0.2) is 11.5 Å². The van der Waals surface area contributed by atoms with Crippen molar-refractivity contribution in [3.05, 3.63) is 64.4 Å². The lowest BCUT2D eigenvalue weighted by atomic mass is 10.2. The molecule has 0 unspecified atom stereocenters. The number of hydrogen-bond donors (Lipinski definition) is 1. The van der Waals surface area contributed by atoms with Crippen LogP contribution in [0.5, 0.6) is 11.5 Å². The van der Waals surface area contributed by atoms with Gasteiger partial charge < -0.3 is 19.3 Å². The van der Waals surface area contributed by atoms with E-state index in [-0.39, 0.29) is 17.1 Å². The third-order valence-electron chi connectivity index (χ3n) is 3.16. The van der Waals surface area contributed by atoms with E-state index in [1.165, 1.54) is 38.5 Å². The smallest absolute Gasteiger partial charge is 0.373 e. The summed E-state index contributed by atoms with van der Waals surface area (Å²) in [6, 6.07) is 11.0. The Morgan fingerprint density at radius 3 is 2.44 bits per heavy atom. The summed E-state index contributed by atoms with van der Waals surface area (Å²) in [6.07, 6.45) is 1.40. The minimum absolute atomic E-state index is 0.0908. The quantitative estimate of drug-likeness (QED) is 0.498. The second-order valence-corrected chi connectivity index (χ2v) is 5.24. The van der Waals surface area contributed by atoms with Crippen LogP contribution >= 0.6 is 11.6 Å². The molecule has 2 aromatic carbocycles. The van der Waals surface area contributed by atoms with Crippen LogP contribution in [0.15, 0.2) is 48.2 Å². The second-order valence-electron chi connectivity index (χ2n) is 4.80. The zero-order valence-corrected chi connectivity index (χ0v) is 14.2. The van der Waals surface area contributed by atoms with Crippen molar-refractivity contribution in [2.75, 3.05) is 14.2 Å². The van der Waals surface area contributed by atoms with Crippen LogP contribution in [0.2, 0.25) is 5.02 Å². The van der Waals surface area contributed by atoms with Crippen molar-refractivity contribution in [2.24, 2.45) is 0 Å². The summed E-state index contributed by atoms with van der Waals surface area (Å²) in [7, 11) is 2.39. The fourth-order valence-electron chi connectivity index (χ4n) is 1.98. The van der Waals surface area contributed by atoms with E-state index < -0.39 is 17.7 Å². The number of ether oxygens (including phenoxy) is 3. The summed E-state index contributed by atoms with van der Waals surface area (Å²) in [4.78, 5) is 23.6. The first-order valence-electron chi connectivity index (χ1n) is 7.10. The van der Waals surface area contributed by atoms with Gasteiger partial charge in [0.25, 0.3) is 0 Å². The molecule has 0 saturated heterocycles. The molecular formula is C18H15ClO6. The monoisotopic (exact) mass is 362 g/mol. The number of halogens is 1. The molecule has 25 heavy (non-hydrogen) atoms. The molecule has 2 rings (SSSR count). The van der Waals surface area contributed by atoms with Crippen LogP contribution in [-0.2, 0) is 14.3 Å². The van der Waals surface area contributed by atoms with Crippen LogP contribution in [0, 0.1) is 0 Å². The maximum absolute atomic E-state index is 12.0. The Kier molecular flexibility index (Phi) is 6.03. The van der Waals surface area contributed by atoms with Crippen molar-refractivity contribution < 1.29 is 28.9 Å². The van der Waals surface area contributed by atoms with Crippen LogP contribution < -0.4 is 4.74 Å². The first-order valence-corrected chi connectivity index (χ1v) is 7.47. The Labute approximate surface area is 149 Å². The largest absolute Gasteiger partial charge is 0.504 e. The van der Waals surface area contributed by atoms with Crippen molar-refractivity contribution in [1.82, 2.24) is 0 Å². The minimum atomic E-state index is -0.761. The third kappa shape index (κ3) is 4.51. The first-order chi connectivity index (χ1) is 12.0. The molecular weight excluding hydrogens is 348 g/mol. The molecule has 0 bridgehead atoms. The van der Waals surface area contributed by atoms with E-state index in [2.05, 4.69) is 9.47 Å². The SMILES string of the molecule is COC(=O)/C(=C/c1cccc(Cl)c1)Oc1cccc(C(=O)OC)c1O. The van der Waals surface area contributed by atoms with Crippen LogP contribution in [0.4, 0.5) is 0 Å². The number of methoxy groups -OCH3 is 2. The van der Waals surface area contributed by atoms with Gasteiger partial charge in [0, 0.05) is 5.02 Å². The Morgan fingerprint density at radius 1 is 1.08 bits per heavy atom. The molecule has 0 aromatic heterocycles. The van der Waals surface area contributed by atoms with E-state index in [1.807, 2.05) is 0 Å². The van der Waals surface area contributed by atoms with E-state index in [1.54, 1.807) is 24.3 Å². The molecule has 0 fully saturated rings. The van der Waals surface area contributed by atoms with Gasteiger partial charge in [0.2, 0.25) is 5.76 Å². The van der Waals surface area contributed by atoms with Gasteiger partial charge in [-0.25, -0.2) is 9.59 Å². The number of para-hydroxylation sites is 1. The number of phenols is 1. The van der Waals surface area contributed by atoms with Gasteiger partial charge in [-0.2, -0.15) is 0 Å². The molecule has 0 heterocycles. The summed E-state index contributed by atoms with van der Waals surface area (Å²) in [5.41, 5.74) is 0.503. The maximum atomic E-state index is 12.0. The van der Waals surface area contributed by atoms with Crippen molar-refractivity contribution in [2.45, 2.75) is 0 Å². The summed E-state index contributed by atoms with van der Waals surface area (Å²) in [5, 5.41) is 10.7. The molecule has 0 aliphatic carbocycles. The number of hydrogen-bond acceptors (Lipinski definition) is 6. The lowest BCUT2D eigenvalue weighted by molar-refractivity contribution is -0.138. The highest BCUT2D eigenvalue weighted by atomic mass is 35.5. The zero-order valence-electron chi connectivity index (χ0n) is 13.5. The predicted molar refractivity (Wildman–Crippen MR) is 91.5 cm³/mol. The molecule has 130 valence electrons. The van der Waals surface area contributed by atoms with Gasteiger partial charge in [-0.1, -0.05) is 29.8 Å². The maximum Gasteiger partial charge on any atom is 0.373 e. The van der Waals surface area contributed by atoms with Crippen molar-refractivity contribution >= 4 is 29.6 Å². The standard InChI is InChI=1S/C18H15ClO6/c1-23-17(21)13-7-4-8-14(16(13)20)25-15(18(22)24-2)10-11-5-3-6-12(19)9-11/h3-10,20H,1-2H3/b15-10-. The average Bonchev–Trinajstić information content (AvgIpc) is 2.61. The number of aromatic hydroxyl groups is 1. The highest BCUT2D eigenvalue weighted by Crippen LogP contribution is 2.32. The number of carbonyl (C=O) groups excluding carboxylic acids is 2. The second kappa shape index (κ2) is 8.21. The highest BCUT2D eigenvalue weighted by molar-refractivity contribution is 6.30. The van der Waals surface area contributed by atoms with Gasteiger partial charge in [-0.15, -0.1) is 0 Å². The van der Waals surface area contributed by atoms with Crippen LogP contribution in [0.1, 0.15) is 15.9 Å². The zero-order chi connectivity index (χ0) is 18.4. The summed E-state index contributed by atoms with van der Waals surface area (Å²) in [6.45, 7) is 0. The van der Waals surface area contributed by atoms with Crippen LogP contribution in [-0.4, -0.2) is 31.3 Å². The third-order valence-corrected chi connectivity index (χ3v) is 3.39. The molecule has 6 nitrogen and oxygen atoms in total. The van der Waals surface area contributed by atoms with Crippen molar-refractivity contribution in [3.8, 4) is 11.5 Å². The van der Waals surface area contributed by atoms with Crippen LogP contribution in [0.25, 0.3) is 6.08 Å². The molecule has 0 spiro atoms. The number of esters is 2. The van der Waals surface area contributed by atoms with E-state index in [4.69, 9.17) is 16.3 Å². The molecule has 0 amide bonds. The Hall–Kier alpha value is -2.99. The molecule has 0 atom stereocenters. The molecule has 0 radical (unpaired) electrons. The van der Waals surface area contributed by atoms with Gasteiger partial charge in [0.1, 0.15) is 5.56 Å². The summed E-state index contributed by atoms with van der Waals surface area (Å²) in [5.74, 6) is -2.23. The lowest BCUT2D eigenvalue weighted by Gasteiger charge is -2.11. The van der Waals surface area contributed by atoms with Gasteiger partial charge in [0.05, 0.1) is 14.2 Å². The van der Waals surface area contributed by atoms with Gasteiger partial charge >= 0.3 is 11.9 Å². The summed E-state index contributed by atoms with van der Waals surface area (Å²) < 4.78 is 14.7. The van der Waals surface area contributed by atoms with E-state index >= 15 is 0 Å². The predicted octanol–water partition coefficient (Wildman–Crippen LogP) is 3.43. The number of benzene rings is 2. The number of rotatable bonds is 5. The van der Waals surface area contributed by atoms with Crippen molar-refractivity contribution in [1.29, 1.82) is 0 Å². The number of carbonyl (C=O) groups is 2. The fraction of sp³-hybridized carbons (Fsp3) is 0.111. The van der Waals surface area contributed by atoms with Gasteiger partial charge in [-0.05, 0) is 35.9 Å². The minimum Gasteiger partial charge on any atom is -0.504 e. The highest BCUT2D eigenvalue weighted by Gasteiger charge is 2.19. The van der Waals surface area contributed by atoms with E-state index in [0.29, 0.717) is 10.6 Å². The molecule has 1 N–H and O–H groups in total. The average molecular weight is 363 g/mol. The topological polar surface area (TPSA) is 82.1 Å². The summed E-state index contributed by atoms with van der Waals surface area (Å²) >= 11 is 5.92. The van der Waals surface area contributed by atoms with E-state index in [0.717, 1.165) is 0 Å². The van der Waals surface area contributed by atoms with Crippen molar-refractivity contribution in [3.63, 3.8) is 0 Å². The molecule has 2 aromatic rings. The molecule has 0 saturated carbocycles. The fourth-order valence-corrected chi connectivity index (χ4v) is 2.17. The molecule has 7 heteroatoms. The van der Waals surface area contributed by atoms with Gasteiger partial charge in [-0.3, -0.25) is 0 Å². The number of phenolic OH excluding ortho intramolecular Hbond substituents is 1. The lowest BCUT2D eigenvalue weighted by Crippen LogP contribution is -2.11. The first kappa shape index (κ1) is 18.4. The Balaban J connectivity index is 2.42. The molecule has 0 aliphatic heterocycles. The van der Waals surface area contributed by atoms with Crippen LogP contribution in [0.3, 0.4) is 0 Å². The molecule has 0 aliphatic rings. The van der Waals surface area contributed by atoms with E-state index in [9.17, 15) is 14.7 Å². The Morgan fingerprint density at radius 2 is 1.80 bits per heavy atom. The normalized spacial score (nSPS) is 10.9. The Bertz CT molecular complexity index is 828.